The molecule has 1 aromatic heterocycles. The number of halogens is 6. The Balaban J connectivity index is 0.000000367. The Hall–Kier alpha value is -4.33. The Morgan fingerprint density at radius 1 is 0.929 bits per heavy atom. The summed E-state index contributed by atoms with van der Waals surface area (Å²) < 4.78 is 68.8. The first-order chi connectivity index (χ1) is 19.7. The van der Waals surface area contributed by atoms with Gasteiger partial charge in [-0.3, -0.25) is 9.88 Å². The summed E-state index contributed by atoms with van der Waals surface area (Å²) in [5, 5.41) is 17.9. The third-order valence-electron chi connectivity index (χ3n) is 5.89. The smallest absolute Gasteiger partial charge is 0.490 e. The second-order valence-electron chi connectivity index (χ2n) is 9.04. The standard InChI is InChI=1S/C24H27N3O.2C2HF3O2/c1-28-24-4-2-3-19(15-24)17-27-14-11-20(18-27)16-26-23-7-5-21(6-8-23)22-9-12-25-13-10-22;2*3-2(4,5)1(6)7/h2-10,12-13,15,20,26H,11,14,16-18H2,1H3;2*(H,6,7). The van der Waals surface area contributed by atoms with Crippen LogP contribution in [-0.2, 0) is 16.1 Å². The lowest BCUT2D eigenvalue weighted by Crippen LogP contribution is -2.22. The van der Waals surface area contributed by atoms with E-state index in [4.69, 9.17) is 24.5 Å². The van der Waals surface area contributed by atoms with Crippen LogP contribution in [0.2, 0.25) is 0 Å². The van der Waals surface area contributed by atoms with Crippen LogP contribution in [0.25, 0.3) is 11.1 Å². The molecule has 1 unspecified atom stereocenters. The Morgan fingerprint density at radius 2 is 1.48 bits per heavy atom. The lowest BCUT2D eigenvalue weighted by Gasteiger charge is -2.17. The Bertz CT molecular complexity index is 1250. The summed E-state index contributed by atoms with van der Waals surface area (Å²) in [7, 11) is 1.72. The van der Waals surface area contributed by atoms with E-state index in [9.17, 15) is 26.3 Å². The number of alkyl halides is 6. The maximum absolute atomic E-state index is 10.6. The zero-order valence-electron chi connectivity index (χ0n) is 22.3. The summed E-state index contributed by atoms with van der Waals surface area (Å²) in [4.78, 5) is 24.4. The molecule has 0 bridgehead atoms. The van der Waals surface area contributed by atoms with Crippen molar-refractivity contribution in [1.82, 2.24) is 9.88 Å². The molecule has 14 heteroatoms. The molecule has 1 aliphatic rings. The van der Waals surface area contributed by atoms with Crippen LogP contribution in [-0.4, -0.2) is 71.1 Å². The van der Waals surface area contributed by atoms with E-state index < -0.39 is 24.3 Å². The number of likely N-dealkylation sites (tertiary alicyclic amines) is 1. The van der Waals surface area contributed by atoms with Crippen LogP contribution < -0.4 is 10.1 Å². The van der Waals surface area contributed by atoms with Gasteiger partial charge in [-0.15, -0.1) is 0 Å². The Labute approximate surface area is 237 Å². The van der Waals surface area contributed by atoms with Crippen molar-refractivity contribution in [3.63, 3.8) is 0 Å². The molecule has 0 saturated carbocycles. The molecule has 1 saturated heterocycles. The van der Waals surface area contributed by atoms with Crippen molar-refractivity contribution in [2.45, 2.75) is 25.3 Å². The normalized spacial score (nSPS) is 15.0. The number of hydrogen-bond donors (Lipinski definition) is 3. The molecule has 2 aromatic carbocycles. The number of pyridine rings is 1. The van der Waals surface area contributed by atoms with E-state index in [1.807, 2.05) is 30.6 Å². The van der Waals surface area contributed by atoms with Crippen molar-refractivity contribution < 1.29 is 50.9 Å². The second-order valence-corrected chi connectivity index (χ2v) is 9.04. The van der Waals surface area contributed by atoms with Crippen molar-refractivity contribution in [1.29, 1.82) is 0 Å². The molecule has 3 aromatic rings. The van der Waals surface area contributed by atoms with E-state index in [1.54, 1.807) is 7.11 Å². The molecule has 0 spiro atoms. The Kier molecular flexibility index (Phi) is 12.6. The fourth-order valence-electron chi connectivity index (χ4n) is 3.84. The van der Waals surface area contributed by atoms with Crippen molar-refractivity contribution in [3.05, 3.63) is 78.6 Å². The van der Waals surface area contributed by atoms with Gasteiger partial charge in [-0.2, -0.15) is 26.3 Å². The highest BCUT2D eigenvalue weighted by Gasteiger charge is 2.38. The number of aliphatic carboxylic acids is 2. The summed E-state index contributed by atoms with van der Waals surface area (Å²) in [6.45, 7) is 4.31. The van der Waals surface area contributed by atoms with Crippen LogP contribution in [0, 0.1) is 5.92 Å². The van der Waals surface area contributed by atoms with Crippen molar-refractivity contribution in [2.24, 2.45) is 5.92 Å². The molecule has 1 aliphatic heterocycles. The Morgan fingerprint density at radius 3 is 2.00 bits per heavy atom. The second kappa shape index (κ2) is 15.6. The molecule has 0 radical (unpaired) electrons. The largest absolute Gasteiger partial charge is 0.497 e. The summed E-state index contributed by atoms with van der Waals surface area (Å²) in [5.41, 5.74) is 4.92. The molecule has 2 heterocycles. The number of nitrogens with zero attached hydrogens (tertiary/aromatic N) is 2. The van der Waals surface area contributed by atoms with E-state index in [2.05, 4.69) is 57.7 Å². The lowest BCUT2D eigenvalue weighted by molar-refractivity contribution is -0.193. The summed E-state index contributed by atoms with van der Waals surface area (Å²) >= 11 is 0. The maximum atomic E-state index is 10.6. The van der Waals surface area contributed by atoms with Crippen molar-refractivity contribution in [2.75, 3.05) is 32.1 Å². The van der Waals surface area contributed by atoms with E-state index >= 15 is 0 Å². The molecule has 1 fully saturated rings. The monoisotopic (exact) mass is 601 g/mol. The number of aromatic nitrogens is 1. The zero-order chi connectivity index (χ0) is 31.3. The van der Waals surface area contributed by atoms with Gasteiger partial charge in [0.2, 0.25) is 0 Å². The number of anilines is 1. The molecule has 0 aliphatic carbocycles. The zero-order valence-corrected chi connectivity index (χ0v) is 22.3. The molecular formula is C28H29F6N3O5. The van der Waals surface area contributed by atoms with E-state index in [0.29, 0.717) is 5.92 Å². The molecule has 1 atom stereocenters. The predicted molar refractivity (Wildman–Crippen MR) is 142 cm³/mol. The fraction of sp³-hybridized carbons (Fsp3) is 0.321. The first-order valence-corrected chi connectivity index (χ1v) is 12.4. The van der Waals surface area contributed by atoms with E-state index in [1.165, 1.54) is 28.8 Å². The van der Waals surface area contributed by atoms with Gasteiger partial charge in [0, 0.05) is 37.7 Å². The van der Waals surface area contributed by atoms with Gasteiger partial charge in [0.15, 0.2) is 0 Å². The van der Waals surface area contributed by atoms with E-state index in [0.717, 1.165) is 31.9 Å². The topological polar surface area (TPSA) is 112 Å². The highest BCUT2D eigenvalue weighted by Crippen LogP contribution is 2.23. The quantitative estimate of drug-likeness (QED) is 0.285. The number of carboxylic acids is 2. The number of carboxylic acid groups (broad SMARTS) is 2. The van der Waals surface area contributed by atoms with Crippen LogP contribution in [0.4, 0.5) is 32.0 Å². The van der Waals surface area contributed by atoms with Gasteiger partial charge in [0.05, 0.1) is 7.11 Å². The number of ether oxygens (including phenoxy) is 1. The lowest BCUT2D eigenvalue weighted by atomic mass is 10.1. The number of carbonyl (C=O) groups is 2. The van der Waals surface area contributed by atoms with Gasteiger partial charge in [-0.05, 0) is 72.0 Å². The maximum Gasteiger partial charge on any atom is 0.490 e. The van der Waals surface area contributed by atoms with Crippen LogP contribution >= 0.6 is 0 Å². The summed E-state index contributed by atoms with van der Waals surface area (Å²) in [6, 6.07) is 21.1. The third kappa shape index (κ3) is 12.0. The molecule has 0 amide bonds. The van der Waals surface area contributed by atoms with Crippen LogP contribution in [0.1, 0.15) is 12.0 Å². The molecule has 42 heavy (non-hydrogen) atoms. The summed E-state index contributed by atoms with van der Waals surface area (Å²) in [6.07, 6.45) is -5.26. The highest BCUT2D eigenvalue weighted by atomic mass is 19.4. The predicted octanol–water partition coefficient (Wildman–Crippen LogP) is 5.96. The first kappa shape index (κ1) is 33.9. The van der Waals surface area contributed by atoms with Gasteiger partial charge < -0.3 is 20.3 Å². The SMILES string of the molecule is COc1cccc(CN2CCC(CNc3ccc(-c4ccncc4)cc3)C2)c1.O=C(O)C(F)(F)F.O=C(O)C(F)(F)F. The molecule has 3 N–H and O–H groups in total. The average Bonchev–Trinajstić information content (AvgIpc) is 3.39. The minimum atomic E-state index is -5.08. The number of rotatable bonds is 7. The van der Waals surface area contributed by atoms with Gasteiger partial charge in [-0.1, -0.05) is 24.3 Å². The average molecular weight is 602 g/mol. The minimum Gasteiger partial charge on any atom is -0.497 e. The van der Waals surface area contributed by atoms with Gasteiger partial charge in [-0.25, -0.2) is 9.59 Å². The molecule has 4 rings (SSSR count). The number of methoxy groups -OCH3 is 1. The molecule has 228 valence electrons. The number of benzene rings is 2. The third-order valence-corrected chi connectivity index (χ3v) is 5.89. The van der Waals surface area contributed by atoms with Crippen molar-refractivity contribution in [3.8, 4) is 16.9 Å². The van der Waals surface area contributed by atoms with Crippen LogP contribution in [0.3, 0.4) is 0 Å². The summed E-state index contributed by atoms with van der Waals surface area (Å²) in [5.74, 6) is -3.89. The number of nitrogens with one attached hydrogen (secondary N) is 1. The van der Waals surface area contributed by atoms with Crippen LogP contribution in [0.5, 0.6) is 5.75 Å². The fourth-order valence-corrected chi connectivity index (χ4v) is 3.84. The van der Waals surface area contributed by atoms with Gasteiger partial charge in [0.25, 0.3) is 0 Å². The van der Waals surface area contributed by atoms with Gasteiger partial charge >= 0.3 is 24.3 Å². The minimum absolute atomic E-state index is 0.686. The number of hydrogen-bond acceptors (Lipinski definition) is 6. The van der Waals surface area contributed by atoms with E-state index in [-0.39, 0.29) is 0 Å². The van der Waals surface area contributed by atoms with Gasteiger partial charge in [0.1, 0.15) is 5.75 Å². The molecule has 8 nitrogen and oxygen atoms in total. The molecular weight excluding hydrogens is 572 g/mol. The van der Waals surface area contributed by atoms with Crippen LogP contribution in [0.15, 0.2) is 73.1 Å². The van der Waals surface area contributed by atoms with Crippen molar-refractivity contribution >= 4 is 17.6 Å². The highest BCUT2D eigenvalue weighted by molar-refractivity contribution is 5.73. The first-order valence-electron chi connectivity index (χ1n) is 12.4.